The van der Waals surface area contributed by atoms with Crippen LogP contribution in [-0.4, -0.2) is 34.2 Å². The van der Waals surface area contributed by atoms with Crippen LogP contribution in [0.4, 0.5) is 8.78 Å². The van der Waals surface area contributed by atoms with E-state index in [4.69, 9.17) is 0 Å². The van der Waals surface area contributed by atoms with Crippen LogP contribution < -0.4 is 0 Å². The van der Waals surface area contributed by atoms with Gasteiger partial charge in [0.25, 0.3) is 5.91 Å². The monoisotopic (exact) mass is 354 g/mol. The van der Waals surface area contributed by atoms with Crippen molar-refractivity contribution in [2.45, 2.75) is 33.1 Å². The van der Waals surface area contributed by atoms with Crippen molar-refractivity contribution in [2.24, 2.45) is 4.99 Å². The standard InChI is InChI=1S/C15H14F2N2O2S.C2H6/c16-10-6-9(13(20)11(17)8-10)7-12-14(21)18-15(22-12)19-4-2-1-3-5-19;1-2/h6-8,20H,1-5H2;1-2H3/b12-7-;. The Kier molecular flexibility index (Phi) is 6.36. The number of hydrogen-bond donors (Lipinski definition) is 1. The zero-order chi connectivity index (χ0) is 17.7. The van der Waals surface area contributed by atoms with Crippen molar-refractivity contribution >= 4 is 28.9 Å². The molecule has 7 heteroatoms. The Morgan fingerprint density at radius 1 is 1.21 bits per heavy atom. The number of rotatable bonds is 1. The first-order valence-electron chi connectivity index (χ1n) is 8.00. The third-order valence-corrected chi connectivity index (χ3v) is 4.62. The number of halogens is 2. The van der Waals surface area contributed by atoms with E-state index in [2.05, 4.69) is 4.99 Å². The predicted molar refractivity (Wildman–Crippen MR) is 92.8 cm³/mol. The van der Waals surface area contributed by atoms with Gasteiger partial charge in [-0.25, -0.2) is 8.78 Å². The van der Waals surface area contributed by atoms with Gasteiger partial charge in [0.15, 0.2) is 16.7 Å². The van der Waals surface area contributed by atoms with Crippen molar-refractivity contribution in [3.8, 4) is 5.75 Å². The molecule has 130 valence electrons. The van der Waals surface area contributed by atoms with E-state index in [1.165, 1.54) is 24.3 Å². The Labute approximate surface area is 144 Å². The van der Waals surface area contributed by atoms with E-state index < -0.39 is 23.3 Å². The number of phenols is 1. The highest BCUT2D eigenvalue weighted by Crippen LogP contribution is 2.33. The second kappa shape index (κ2) is 8.28. The van der Waals surface area contributed by atoms with E-state index >= 15 is 0 Å². The van der Waals surface area contributed by atoms with Crippen LogP contribution in [0, 0.1) is 11.6 Å². The average Bonchev–Trinajstić information content (AvgIpc) is 2.96. The highest BCUT2D eigenvalue weighted by Gasteiger charge is 2.27. The molecule has 4 nitrogen and oxygen atoms in total. The molecule has 0 spiro atoms. The van der Waals surface area contributed by atoms with Crippen LogP contribution in [-0.2, 0) is 4.79 Å². The van der Waals surface area contributed by atoms with Crippen LogP contribution in [0.3, 0.4) is 0 Å². The van der Waals surface area contributed by atoms with Crippen LogP contribution in [0.15, 0.2) is 22.0 Å². The van der Waals surface area contributed by atoms with Crippen LogP contribution in [0.2, 0.25) is 0 Å². The van der Waals surface area contributed by atoms with Crippen molar-refractivity contribution in [1.29, 1.82) is 0 Å². The number of phenolic OH excluding ortho intramolecular Hbond substituents is 1. The maximum Gasteiger partial charge on any atom is 0.286 e. The average molecular weight is 354 g/mol. The summed E-state index contributed by atoms with van der Waals surface area (Å²) in [6.45, 7) is 5.71. The fraction of sp³-hybridized carbons (Fsp3) is 0.412. The summed E-state index contributed by atoms with van der Waals surface area (Å²) in [5, 5.41) is 10.2. The summed E-state index contributed by atoms with van der Waals surface area (Å²) in [5.41, 5.74) is -0.0663. The second-order valence-corrected chi connectivity index (χ2v) is 6.19. The lowest BCUT2D eigenvalue weighted by Crippen LogP contribution is -2.33. The molecule has 0 atom stereocenters. The third-order valence-electron chi connectivity index (χ3n) is 3.58. The van der Waals surface area contributed by atoms with Crippen molar-refractivity contribution < 1.29 is 18.7 Å². The molecule has 1 aromatic rings. The van der Waals surface area contributed by atoms with E-state index in [1.54, 1.807) is 0 Å². The first-order valence-corrected chi connectivity index (χ1v) is 8.82. The molecule has 0 aromatic heterocycles. The summed E-state index contributed by atoms with van der Waals surface area (Å²) < 4.78 is 26.6. The van der Waals surface area contributed by atoms with E-state index in [0.29, 0.717) is 11.2 Å². The first-order chi connectivity index (χ1) is 11.5. The molecular weight excluding hydrogens is 334 g/mol. The number of aliphatic imine (C=N–C) groups is 1. The molecule has 0 radical (unpaired) electrons. The lowest BCUT2D eigenvalue weighted by molar-refractivity contribution is -0.113. The Morgan fingerprint density at radius 3 is 2.54 bits per heavy atom. The molecule has 0 saturated carbocycles. The summed E-state index contributed by atoms with van der Waals surface area (Å²) in [4.78, 5) is 18.2. The fourth-order valence-corrected chi connectivity index (χ4v) is 3.41. The molecular formula is C17H20F2N2O2S. The molecule has 2 aliphatic heterocycles. The molecule has 1 aromatic carbocycles. The van der Waals surface area contributed by atoms with Crippen molar-refractivity contribution in [2.75, 3.05) is 13.1 Å². The number of amidine groups is 1. The molecule has 2 heterocycles. The van der Waals surface area contributed by atoms with Gasteiger partial charge in [-0.15, -0.1) is 0 Å². The van der Waals surface area contributed by atoms with Gasteiger partial charge in [-0.2, -0.15) is 4.99 Å². The number of aromatic hydroxyl groups is 1. The minimum Gasteiger partial charge on any atom is -0.504 e. The van der Waals surface area contributed by atoms with Gasteiger partial charge in [-0.05, 0) is 43.2 Å². The molecule has 0 bridgehead atoms. The van der Waals surface area contributed by atoms with Crippen molar-refractivity contribution in [1.82, 2.24) is 4.90 Å². The molecule has 0 aliphatic carbocycles. The summed E-state index contributed by atoms with van der Waals surface area (Å²) in [6, 6.07) is 1.58. The zero-order valence-electron chi connectivity index (χ0n) is 13.7. The number of benzene rings is 1. The molecule has 3 rings (SSSR count). The van der Waals surface area contributed by atoms with Gasteiger partial charge in [0.1, 0.15) is 5.82 Å². The first kappa shape index (κ1) is 18.4. The van der Waals surface area contributed by atoms with E-state index in [9.17, 15) is 18.7 Å². The SMILES string of the molecule is CC.O=C1N=C(N2CCCCC2)S/C1=C\c1cc(F)cc(F)c1O. The number of nitrogens with zero attached hydrogens (tertiary/aromatic N) is 2. The second-order valence-electron chi connectivity index (χ2n) is 5.18. The van der Waals surface area contributed by atoms with E-state index in [-0.39, 0.29) is 10.5 Å². The Hall–Kier alpha value is -1.89. The number of likely N-dealkylation sites (tertiary alicyclic amines) is 1. The molecule has 2 aliphatic rings. The maximum absolute atomic E-state index is 13.3. The lowest BCUT2D eigenvalue weighted by atomic mass is 10.1. The lowest BCUT2D eigenvalue weighted by Gasteiger charge is -2.27. The molecule has 1 amide bonds. The zero-order valence-corrected chi connectivity index (χ0v) is 14.5. The van der Waals surface area contributed by atoms with Gasteiger partial charge in [0, 0.05) is 24.7 Å². The largest absolute Gasteiger partial charge is 0.504 e. The normalized spacial score (nSPS) is 19.2. The van der Waals surface area contributed by atoms with Crippen LogP contribution >= 0.6 is 11.8 Å². The van der Waals surface area contributed by atoms with Crippen LogP contribution in [0.1, 0.15) is 38.7 Å². The minimum atomic E-state index is -1.06. The predicted octanol–water partition coefficient (Wildman–Crippen LogP) is 4.15. The molecule has 1 N–H and O–H groups in total. The van der Waals surface area contributed by atoms with Gasteiger partial charge in [-0.3, -0.25) is 4.79 Å². The number of carbonyl (C=O) groups excluding carboxylic acids is 1. The quantitative estimate of drug-likeness (QED) is 0.770. The summed E-state index contributed by atoms with van der Waals surface area (Å²) in [7, 11) is 0. The van der Waals surface area contributed by atoms with Crippen LogP contribution in [0.25, 0.3) is 6.08 Å². The summed E-state index contributed by atoms with van der Waals surface area (Å²) in [5.74, 6) is -2.99. The number of piperidine rings is 1. The minimum absolute atomic E-state index is 0.0663. The Balaban J connectivity index is 0.00000100. The highest BCUT2D eigenvalue weighted by molar-refractivity contribution is 8.18. The molecule has 1 fully saturated rings. The number of hydrogen-bond acceptors (Lipinski definition) is 4. The fourth-order valence-electron chi connectivity index (χ4n) is 2.46. The molecule has 1 saturated heterocycles. The van der Waals surface area contributed by atoms with E-state index in [1.807, 2.05) is 18.7 Å². The Morgan fingerprint density at radius 2 is 1.88 bits per heavy atom. The number of carbonyl (C=O) groups is 1. The van der Waals surface area contributed by atoms with Crippen molar-refractivity contribution in [3.63, 3.8) is 0 Å². The van der Waals surface area contributed by atoms with Gasteiger partial charge < -0.3 is 10.0 Å². The number of thioether (sulfide) groups is 1. The molecule has 0 unspecified atom stereocenters. The smallest absolute Gasteiger partial charge is 0.286 e. The van der Waals surface area contributed by atoms with E-state index in [0.717, 1.165) is 32.0 Å². The van der Waals surface area contributed by atoms with Crippen molar-refractivity contribution in [3.05, 3.63) is 34.2 Å². The van der Waals surface area contributed by atoms with Gasteiger partial charge >= 0.3 is 0 Å². The van der Waals surface area contributed by atoms with Gasteiger partial charge in [0.05, 0.1) is 4.91 Å². The van der Waals surface area contributed by atoms with Gasteiger partial charge in [-0.1, -0.05) is 13.8 Å². The topological polar surface area (TPSA) is 52.9 Å². The highest BCUT2D eigenvalue weighted by atomic mass is 32.2. The number of amides is 1. The summed E-state index contributed by atoms with van der Waals surface area (Å²) >= 11 is 1.17. The third kappa shape index (κ3) is 4.14. The van der Waals surface area contributed by atoms with Crippen LogP contribution in [0.5, 0.6) is 5.75 Å². The summed E-state index contributed by atoms with van der Waals surface area (Å²) in [6.07, 6.45) is 4.56. The molecule has 24 heavy (non-hydrogen) atoms. The Bertz CT molecular complexity index is 683. The maximum atomic E-state index is 13.3. The van der Waals surface area contributed by atoms with Gasteiger partial charge in [0.2, 0.25) is 0 Å².